The van der Waals surface area contributed by atoms with E-state index in [1.54, 1.807) is 6.07 Å². The molecule has 0 aromatic heterocycles. The predicted molar refractivity (Wildman–Crippen MR) is 71.8 cm³/mol. The Balaban J connectivity index is 2.57. The van der Waals surface area contributed by atoms with Crippen molar-refractivity contribution in [1.82, 2.24) is 0 Å². The minimum absolute atomic E-state index is 0.240. The third kappa shape index (κ3) is 3.97. The summed E-state index contributed by atoms with van der Waals surface area (Å²) in [5.74, 6) is 0.281. The molecule has 0 bridgehead atoms. The molecule has 1 aromatic rings. The van der Waals surface area contributed by atoms with Gasteiger partial charge in [-0.25, -0.2) is 4.39 Å². The molecule has 0 atom stereocenters. The molecule has 0 aliphatic rings. The van der Waals surface area contributed by atoms with Gasteiger partial charge in [0.1, 0.15) is 11.6 Å². The van der Waals surface area contributed by atoms with Crippen LogP contribution in [-0.2, 0) is 0 Å². The number of halogens is 1. The average Bonchev–Trinajstić information content (AvgIpc) is 2.22. The lowest BCUT2D eigenvalue weighted by Gasteiger charge is -2.23. The van der Waals surface area contributed by atoms with Gasteiger partial charge in [0.15, 0.2) is 0 Å². The van der Waals surface area contributed by atoms with Gasteiger partial charge in [-0.15, -0.1) is 0 Å². The van der Waals surface area contributed by atoms with Gasteiger partial charge >= 0.3 is 0 Å². The normalized spacial score (nSPS) is 11.3. The van der Waals surface area contributed by atoms with Crippen molar-refractivity contribution in [3.05, 3.63) is 29.6 Å². The maximum Gasteiger partial charge on any atom is 0.126 e. The summed E-state index contributed by atoms with van der Waals surface area (Å²) in [6.45, 7) is 6.29. The first kappa shape index (κ1) is 13.9. The van der Waals surface area contributed by atoms with Crippen LogP contribution in [0.5, 0.6) is 5.75 Å². The molecule has 2 N–H and O–H groups in total. The fourth-order valence-corrected chi connectivity index (χ4v) is 1.37. The Hall–Kier alpha value is -1.16. The van der Waals surface area contributed by atoms with Gasteiger partial charge in [0.2, 0.25) is 0 Å². The quantitative estimate of drug-likeness (QED) is 0.821. The van der Waals surface area contributed by atoms with E-state index in [2.05, 4.69) is 0 Å². The number of rotatable bonds is 5. The Bertz CT molecular complexity index is 418. The van der Waals surface area contributed by atoms with Crippen molar-refractivity contribution in [1.29, 1.82) is 0 Å². The van der Waals surface area contributed by atoms with Crippen LogP contribution in [0.25, 0.3) is 0 Å². The lowest BCUT2D eigenvalue weighted by Crippen LogP contribution is -2.31. The number of benzene rings is 1. The summed E-state index contributed by atoms with van der Waals surface area (Å²) in [4.78, 5) is 0.470. The Morgan fingerprint density at radius 3 is 2.71 bits per heavy atom. The summed E-state index contributed by atoms with van der Waals surface area (Å²) in [5.41, 5.74) is 6.30. The molecule has 0 aliphatic carbocycles. The van der Waals surface area contributed by atoms with Crippen LogP contribution in [-0.4, -0.2) is 11.6 Å². The SMILES string of the molecule is Cc1ccc(F)cc1OCCC(C)(C)C(N)=S. The third-order valence-corrected chi connectivity index (χ3v) is 3.35. The largest absolute Gasteiger partial charge is 0.493 e. The molecule has 0 unspecified atom stereocenters. The lowest BCUT2D eigenvalue weighted by molar-refractivity contribution is 0.268. The first-order chi connectivity index (χ1) is 7.83. The third-order valence-electron chi connectivity index (χ3n) is 2.80. The van der Waals surface area contributed by atoms with E-state index < -0.39 is 0 Å². The van der Waals surface area contributed by atoms with Crippen LogP contribution < -0.4 is 10.5 Å². The number of hydrogen-bond acceptors (Lipinski definition) is 2. The average molecular weight is 255 g/mol. The van der Waals surface area contributed by atoms with Crippen LogP contribution in [0.15, 0.2) is 18.2 Å². The van der Waals surface area contributed by atoms with E-state index in [4.69, 9.17) is 22.7 Å². The van der Waals surface area contributed by atoms with Gasteiger partial charge in [-0.2, -0.15) is 0 Å². The fraction of sp³-hybridized carbons (Fsp3) is 0.462. The van der Waals surface area contributed by atoms with Gasteiger partial charge in [0, 0.05) is 11.5 Å². The molecular formula is C13H18FNOS. The zero-order valence-corrected chi connectivity index (χ0v) is 11.2. The van der Waals surface area contributed by atoms with Gasteiger partial charge < -0.3 is 10.5 Å². The highest BCUT2D eigenvalue weighted by Crippen LogP contribution is 2.23. The predicted octanol–water partition coefficient (Wildman–Crippen LogP) is 3.22. The van der Waals surface area contributed by atoms with E-state index in [1.165, 1.54) is 12.1 Å². The molecule has 0 saturated carbocycles. The lowest BCUT2D eigenvalue weighted by atomic mass is 9.90. The molecule has 0 spiro atoms. The minimum atomic E-state index is -0.292. The highest BCUT2D eigenvalue weighted by atomic mass is 32.1. The highest BCUT2D eigenvalue weighted by molar-refractivity contribution is 7.80. The molecule has 17 heavy (non-hydrogen) atoms. The van der Waals surface area contributed by atoms with Crippen LogP contribution >= 0.6 is 12.2 Å². The Kier molecular flexibility index (Phi) is 4.46. The zero-order valence-electron chi connectivity index (χ0n) is 10.4. The molecule has 4 heteroatoms. The van der Waals surface area contributed by atoms with E-state index >= 15 is 0 Å². The number of nitrogens with two attached hydrogens (primary N) is 1. The van der Waals surface area contributed by atoms with Crippen LogP contribution in [0.1, 0.15) is 25.8 Å². The molecule has 2 nitrogen and oxygen atoms in total. The van der Waals surface area contributed by atoms with Crippen LogP contribution in [0.2, 0.25) is 0 Å². The molecule has 0 radical (unpaired) electrons. The van der Waals surface area contributed by atoms with E-state index in [-0.39, 0.29) is 11.2 Å². The summed E-state index contributed by atoms with van der Waals surface area (Å²) in [7, 11) is 0. The second-order valence-electron chi connectivity index (χ2n) is 4.76. The van der Waals surface area contributed by atoms with E-state index in [9.17, 15) is 4.39 Å². The topological polar surface area (TPSA) is 35.2 Å². The highest BCUT2D eigenvalue weighted by Gasteiger charge is 2.21. The van der Waals surface area contributed by atoms with E-state index in [0.717, 1.165) is 5.56 Å². The number of aryl methyl sites for hydroxylation is 1. The fourth-order valence-electron chi connectivity index (χ4n) is 1.27. The number of hydrogen-bond donors (Lipinski definition) is 1. The summed E-state index contributed by atoms with van der Waals surface area (Å²) in [6, 6.07) is 4.51. The minimum Gasteiger partial charge on any atom is -0.493 e. The second-order valence-corrected chi connectivity index (χ2v) is 5.20. The van der Waals surface area contributed by atoms with Crippen molar-refractivity contribution in [3.63, 3.8) is 0 Å². The number of ether oxygens (including phenoxy) is 1. The Morgan fingerprint density at radius 1 is 1.47 bits per heavy atom. The van der Waals surface area contributed by atoms with E-state index in [1.807, 2.05) is 20.8 Å². The molecule has 0 aliphatic heterocycles. The summed E-state index contributed by atoms with van der Waals surface area (Å²) >= 11 is 4.97. The molecule has 0 saturated heterocycles. The molecule has 0 heterocycles. The molecule has 1 rings (SSSR count). The molecule has 0 fully saturated rings. The van der Waals surface area contributed by atoms with E-state index in [0.29, 0.717) is 23.8 Å². The van der Waals surface area contributed by atoms with Gasteiger partial charge in [-0.3, -0.25) is 0 Å². The van der Waals surface area contributed by atoms with Crippen LogP contribution in [0, 0.1) is 18.2 Å². The van der Waals surface area contributed by atoms with Crippen molar-refractivity contribution in [2.24, 2.45) is 11.1 Å². The van der Waals surface area contributed by atoms with Gasteiger partial charge in [-0.05, 0) is 25.0 Å². The van der Waals surface area contributed by atoms with Crippen molar-refractivity contribution >= 4 is 17.2 Å². The Labute approximate surface area is 107 Å². The van der Waals surface area contributed by atoms with Crippen molar-refractivity contribution in [2.75, 3.05) is 6.61 Å². The summed E-state index contributed by atoms with van der Waals surface area (Å²) < 4.78 is 18.6. The van der Waals surface area contributed by atoms with Crippen molar-refractivity contribution in [3.8, 4) is 5.75 Å². The first-order valence-electron chi connectivity index (χ1n) is 5.52. The standard InChI is InChI=1S/C13H18FNOS/c1-9-4-5-10(14)8-11(9)16-7-6-13(2,3)12(15)17/h4-5,8H,6-7H2,1-3H3,(H2,15,17). The van der Waals surface area contributed by atoms with Crippen molar-refractivity contribution < 1.29 is 9.13 Å². The molecular weight excluding hydrogens is 237 g/mol. The molecule has 94 valence electrons. The van der Waals surface area contributed by atoms with Crippen LogP contribution in [0.4, 0.5) is 4.39 Å². The van der Waals surface area contributed by atoms with Gasteiger partial charge in [0.05, 0.1) is 11.6 Å². The smallest absolute Gasteiger partial charge is 0.126 e. The zero-order chi connectivity index (χ0) is 13.1. The number of thiocarbonyl (C=S) groups is 1. The molecule has 1 aromatic carbocycles. The first-order valence-corrected chi connectivity index (χ1v) is 5.92. The Morgan fingerprint density at radius 2 is 2.12 bits per heavy atom. The monoisotopic (exact) mass is 255 g/mol. The summed E-state index contributed by atoms with van der Waals surface area (Å²) in [5, 5.41) is 0. The second kappa shape index (κ2) is 5.45. The van der Waals surface area contributed by atoms with Gasteiger partial charge in [0.25, 0.3) is 0 Å². The molecule has 0 amide bonds. The van der Waals surface area contributed by atoms with Gasteiger partial charge in [-0.1, -0.05) is 32.1 Å². The summed E-state index contributed by atoms with van der Waals surface area (Å²) in [6.07, 6.45) is 0.707. The van der Waals surface area contributed by atoms with Crippen LogP contribution in [0.3, 0.4) is 0 Å². The maximum atomic E-state index is 13.0. The maximum absolute atomic E-state index is 13.0. The van der Waals surface area contributed by atoms with Crippen molar-refractivity contribution in [2.45, 2.75) is 27.2 Å².